The van der Waals surface area contributed by atoms with Gasteiger partial charge in [-0.2, -0.15) is 0 Å². The molecule has 1 aliphatic heterocycles. The molecule has 3 heteroatoms. The summed E-state index contributed by atoms with van der Waals surface area (Å²) in [5, 5.41) is 0. The summed E-state index contributed by atoms with van der Waals surface area (Å²) in [5.74, 6) is 2.37. The first kappa shape index (κ1) is 14.3. The molecule has 104 valence electrons. The Balaban J connectivity index is 2.28. The summed E-state index contributed by atoms with van der Waals surface area (Å²) in [7, 11) is 0. The van der Waals surface area contributed by atoms with E-state index in [2.05, 4.69) is 5.92 Å². The predicted molar refractivity (Wildman–Crippen MR) is 77.7 cm³/mol. The molecule has 1 unspecified atom stereocenters. The van der Waals surface area contributed by atoms with Crippen LogP contribution in [0.5, 0.6) is 0 Å². The molecular formula is C17H19NO2. The van der Waals surface area contributed by atoms with Crippen LogP contribution in [0, 0.1) is 17.8 Å². The molecule has 1 aliphatic rings. The second-order valence-electron chi connectivity index (χ2n) is 5.80. The number of hydrogen-bond donors (Lipinski definition) is 0. The van der Waals surface area contributed by atoms with Crippen LogP contribution >= 0.6 is 0 Å². The highest BCUT2D eigenvalue weighted by Crippen LogP contribution is 2.38. The van der Waals surface area contributed by atoms with Gasteiger partial charge in [-0.3, -0.25) is 14.5 Å². The number of hydrogen-bond acceptors (Lipinski definition) is 2. The molecule has 1 atom stereocenters. The average Bonchev–Trinajstić information content (AvgIpc) is 2.44. The second-order valence-corrected chi connectivity index (χ2v) is 5.80. The van der Waals surface area contributed by atoms with E-state index in [0.717, 1.165) is 11.1 Å². The van der Waals surface area contributed by atoms with E-state index < -0.39 is 5.41 Å². The molecule has 2 amide bonds. The lowest BCUT2D eigenvalue weighted by atomic mass is 9.84. The van der Waals surface area contributed by atoms with E-state index in [9.17, 15) is 9.59 Å². The maximum atomic E-state index is 12.5. The van der Waals surface area contributed by atoms with Crippen molar-refractivity contribution in [2.75, 3.05) is 0 Å². The molecule has 20 heavy (non-hydrogen) atoms. The third kappa shape index (κ3) is 2.34. The number of benzene rings is 1. The molecule has 1 aromatic carbocycles. The Morgan fingerprint density at radius 2 is 2.20 bits per heavy atom. The second kappa shape index (κ2) is 5.13. The van der Waals surface area contributed by atoms with Crippen molar-refractivity contribution in [2.45, 2.75) is 39.7 Å². The fourth-order valence-corrected chi connectivity index (χ4v) is 2.25. The maximum absolute atomic E-state index is 12.5. The number of rotatable bonds is 3. The lowest BCUT2D eigenvalue weighted by Crippen LogP contribution is -2.54. The van der Waals surface area contributed by atoms with Gasteiger partial charge in [0.15, 0.2) is 0 Å². The molecule has 0 bridgehead atoms. The van der Waals surface area contributed by atoms with Gasteiger partial charge in [-0.25, -0.2) is 0 Å². The summed E-state index contributed by atoms with van der Waals surface area (Å²) in [6.07, 6.45) is 6.47. The Hall–Kier alpha value is -2.08. The molecule has 0 radical (unpaired) electrons. The van der Waals surface area contributed by atoms with E-state index in [-0.39, 0.29) is 17.9 Å². The third-order valence-electron chi connectivity index (χ3n) is 4.07. The van der Waals surface area contributed by atoms with E-state index in [1.807, 2.05) is 45.0 Å². The highest BCUT2D eigenvalue weighted by Gasteiger charge is 2.45. The lowest BCUT2D eigenvalue weighted by Gasteiger charge is -2.42. The van der Waals surface area contributed by atoms with E-state index in [4.69, 9.17) is 6.42 Å². The van der Waals surface area contributed by atoms with E-state index >= 15 is 0 Å². The molecule has 0 aliphatic carbocycles. The van der Waals surface area contributed by atoms with Crippen molar-refractivity contribution >= 4 is 11.8 Å². The summed E-state index contributed by atoms with van der Waals surface area (Å²) in [4.78, 5) is 25.7. The van der Waals surface area contributed by atoms with Crippen molar-refractivity contribution in [1.29, 1.82) is 0 Å². The van der Waals surface area contributed by atoms with Crippen LogP contribution in [0.2, 0.25) is 0 Å². The van der Waals surface area contributed by atoms with Crippen LogP contribution in [0.3, 0.4) is 0 Å². The van der Waals surface area contributed by atoms with Crippen molar-refractivity contribution in [3.8, 4) is 12.3 Å². The van der Waals surface area contributed by atoms with Crippen LogP contribution in [-0.4, -0.2) is 16.7 Å². The highest BCUT2D eigenvalue weighted by atomic mass is 16.2. The topological polar surface area (TPSA) is 37.4 Å². The number of imide groups is 1. The minimum Gasteiger partial charge on any atom is -0.274 e. The van der Waals surface area contributed by atoms with Crippen LogP contribution in [0.4, 0.5) is 0 Å². The SMILES string of the molecule is C#Cc1cccc(C2CC(=O)N2C(=O)C(C)(C)CC)c1. The van der Waals surface area contributed by atoms with Crippen molar-refractivity contribution < 1.29 is 9.59 Å². The van der Waals surface area contributed by atoms with Crippen molar-refractivity contribution in [1.82, 2.24) is 4.90 Å². The van der Waals surface area contributed by atoms with E-state index in [1.54, 1.807) is 0 Å². The van der Waals surface area contributed by atoms with Crippen molar-refractivity contribution in [3.63, 3.8) is 0 Å². The molecule has 3 nitrogen and oxygen atoms in total. The van der Waals surface area contributed by atoms with Gasteiger partial charge in [0, 0.05) is 11.0 Å². The smallest absolute Gasteiger partial charge is 0.235 e. The largest absolute Gasteiger partial charge is 0.274 e. The van der Waals surface area contributed by atoms with Crippen molar-refractivity contribution in [2.24, 2.45) is 5.41 Å². The molecule has 1 heterocycles. The first-order valence-corrected chi connectivity index (χ1v) is 6.83. The predicted octanol–water partition coefficient (Wildman–Crippen LogP) is 2.90. The zero-order valence-corrected chi connectivity index (χ0v) is 12.1. The lowest BCUT2D eigenvalue weighted by molar-refractivity contribution is -0.164. The van der Waals surface area contributed by atoms with Gasteiger partial charge in [0.05, 0.1) is 12.5 Å². The van der Waals surface area contributed by atoms with Crippen LogP contribution in [0.25, 0.3) is 0 Å². The summed E-state index contributed by atoms with van der Waals surface area (Å²) in [6, 6.07) is 7.31. The molecule has 1 fully saturated rings. The van der Waals surface area contributed by atoms with Gasteiger partial charge in [0.2, 0.25) is 11.8 Å². The van der Waals surface area contributed by atoms with Gasteiger partial charge in [-0.1, -0.05) is 38.8 Å². The molecular weight excluding hydrogens is 250 g/mol. The van der Waals surface area contributed by atoms with Gasteiger partial charge in [-0.05, 0) is 24.1 Å². The van der Waals surface area contributed by atoms with Gasteiger partial charge < -0.3 is 0 Å². The van der Waals surface area contributed by atoms with Crippen LogP contribution < -0.4 is 0 Å². The molecule has 2 rings (SSSR count). The van der Waals surface area contributed by atoms with Gasteiger partial charge in [0.25, 0.3) is 0 Å². The number of amides is 2. The molecule has 0 aromatic heterocycles. The maximum Gasteiger partial charge on any atom is 0.235 e. The Bertz CT molecular complexity index is 595. The Kier molecular flexibility index (Phi) is 3.67. The quantitative estimate of drug-likeness (QED) is 0.625. The van der Waals surface area contributed by atoms with Gasteiger partial charge in [-0.15, -0.1) is 6.42 Å². The van der Waals surface area contributed by atoms with Crippen LogP contribution in [0.15, 0.2) is 24.3 Å². The fourth-order valence-electron chi connectivity index (χ4n) is 2.25. The molecule has 1 aromatic rings. The first-order valence-electron chi connectivity index (χ1n) is 6.83. The average molecular weight is 269 g/mol. The minimum atomic E-state index is -0.516. The summed E-state index contributed by atoms with van der Waals surface area (Å²) >= 11 is 0. The first-order chi connectivity index (χ1) is 9.40. The zero-order valence-electron chi connectivity index (χ0n) is 12.1. The standard InChI is InChI=1S/C17H19NO2/c1-5-12-8-7-9-13(10-12)14-11-15(19)18(14)16(20)17(3,4)6-2/h1,7-10,14H,6,11H2,2-4H3. The van der Waals surface area contributed by atoms with Crippen LogP contribution in [0.1, 0.15) is 50.8 Å². The van der Waals surface area contributed by atoms with Crippen molar-refractivity contribution in [3.05, 3.63) is 35.4 Å². The Morgan fingerprint density at radius 3 is 2.75 bits per heavy atom. The summed E-state index contributed by atoms with van der Waals surface area (Å²) in [5.41, 5.74) is 1.18. The van der Waals surface area contributed by atoms with Gasteiger partial charge >= 0.3 is 0 Å². The monoisotopic (exact) mass is 269 g/mol. The molecule has 0 saturated carbocycles. The van der Waals surface area contributed by atoms with Crippen LogP contribution in [-0.2, 0) is 9.59 Å². The fraction of sp³-hybridized carbons (Fsp3) is 0.412. The molecule has 0 N–H and O–H groups in total. The third-order valence-corrected chi connectivity index (χ3v) is 4.07. The van der Waals surface area contributed by atoms with E-state index in [1.165, 1.54) is 4.90 Å². The number of terminal acetylenes is 1. The summed E-state index contributed by atoms with van der Waals surface area (Å²) < 4.78 is 0. The normalized spacial score (nSPS) is 18.4. The van der Waals surface area contributed by atoms with Gasteiger partial charge in [0.1, 0.15) is 0 Å². The number of likely N-dealkylation sites (tertiary alicyclic amines) is 1. The zero-order chi connectivity index (χ0) is 14.9. The number of β-lactam (4-membered cyclic amide) rings is 1. The minimum absolute atomic E-state index is 0.104. The summed E-state index contributed by atoms with van der Waals surface area (Å²) in [6.45, 7) is 5.70. The Morgan fingerprint density at radius 1 is 1.50 bits per heavy atom. The number of nitrogens with zero attached hydrogens (tertiary/aromatic N) is 1. The number of carbonyl (C=O) groups is 2. The molecule has 0 spiro atoms. The number of carbonyl (C=O) groups excluding carboxylic acids is 2. The van der Waals surface area contributed by atoms with E-state index in [0.29, 0.717) is 12.8 Å². The highest BCUT2D eigenvalue weighted by molar-refractivity contribution is 6.02. The molecule has 1 saturated heterocycles. The Labute approximate surface area is 120 Å².